The lowest BCUT2D eigenvalue weighted by Gasteiger charge is -2.29. The van der Waals surface area contributed by atoms with Crippen molar-refractivity contribution in [2.24, 2.45) is 7.05 Å². The molecule has 1 heterocycles. The van der Waals surface area contributed by atoms with Crippen LogP contribution < -0.4 is 0 Å². The van der Waals surface area contributed by atoms with Crippen molar-refractivity contribution in [3.63, 3.8) is 0 Å². The molecule has 1 aromatic rings. The van der Waals surface area contributed by atoms with Crippen LogP contribution in [0.2, 0.25) is 0 Å². The molecular weight excluding hydrogens is 292 g/mol. The summed E-state index contributed by atoms with van der Waals surface area (Å²) in [4.78, 5) is 30.1. The molecule has 0 aliphatic heterocycles. The van der Waals surface area contributed by atoms with E-state index in [1.807, 2.05) is 41.8 Å². The minimum atomic E-state index is -0.102. The van der Waals surface area contributed by atoms with E-state index in [0.29, 0.717) is 19.1 Å². The minimum absolute atomic E-state index is 0.0392. The Morgan fingerprint density at radius 1 is 1.30 bits per heavy atom. The van der Waals surface area contributed by atoms with Crippen molar-refractivity contribution in [2.45, 2.75) is 38.8 Å². The third-order valence-corrected chi connectivity index (χ3v) is 4.16. The third kappa shape index (κ3) is 4.50. The standard InChI is InChI=1S/C17H28N4O2/c1-5-10-20(17(23)18(2)3)13-16(22)21(14-8-9-14)12-15-7-6-11-19(15)4/h6-7,11,14H,5,8-10,12-13H2,1-4H3. The summed E-state index contributed by atoms with van der Waals surface area (Å²) in [6, 6.07) is 4.26. The van der Waals surface area contributed by atoms with Gasteiger partial charge in [-0.05, 0) is 31.4 Å². The molecule has 1 aliphatic rings. The maximum atomic E-state index is 12.8. The molecule has 0 unspecified atom stereocenters. The Balaban J connectivity index is 2.05. The van der Waals surface area contributed by atoms with Crippen LogP contribution in [-0.2, 0) is 18.4 Å². The number of amides is 3. The summed E-state index contributed by atoms with van der Waals surface area (Å²) < 4.78 is 2.04. The zero-order chi connectivity index (χ0) is 17.0. The number of carbonyl (C=O) groups excluding carboxylic acids is 2. The molecule has 0 N–H and O–H groups in total. The topological polar surface area (TPSA) is 48.8 Å². The Bertz CT molecular complexity index is 549. The highest BCUT2D eigenvalue weighted by atomic mass is 16.2. The van der Waals surface area contributed by atoms with E-state index in [1.165, 1.54) is 4.90 Å². The van der Waals surface area contributed by atoms with Crippen molar-refractivity contribution in [1.82, 2.24) is 19.3 Å². The fourth-order valence-corrected chi connectivity index (χ4v) is 2.69. The van der Waals surface area contributed by atoms with Crippen LogP contribution in [-0.4, -0.2) is 64.4 Å². The lowest BCUT2D eigenvalue weighted by Crippen LogP contribution is -2.47. The van der Waals surface area contributed by atoms with Crippen molar-refractivity contribution < 1.29 is 9.59 Å². The Morgan fingerprint density at radius 2 is 2.00 bits per heavy atom. The highest BCUT2D eigenvalue weighted by molar-refractivity contribution is 5.84. The van der Waals surface area contributed by atoms with Gasteiger partial charge in [-0.3, -0.25) is 4.79 Å². The van der Waals surface area contributed by atoms with Gasteiger partial charge in [0.25, 0.3) is 0 Å². The van der Waals surface area contributed by atoms with E-state index in [-0.39, 0.29) is 18.5 Å². The maximum Gasteiger partial charge on any atom is 0.319 e. The summed E-state index contributed by atoms with van der Waals surface area (Å²) in [6.07, 6.45) is 4.95. The lowest BCUT2D eigenvalue weighted by molar-refractivity contribution is -0.133. The first-order chi connectivity index (χ1) is 10.9. The maximum absolute atomic E-state index is 12.8. The number of aromatic nitrogens is 1. The molecule has 23 heavy (non-hydrogen) atoms. The summed E-state index contributed by atoms with van der Waals surface area (Å²) in [7, 11) is 5.43. The Labute approximate surface area is 138 Å². The van der Waals surface area contributed by atoms with Gasteiger partial charge in [0.05, 0.1) is 6.54 Å². The number of hydrogen-bond donors (Lipinski definition) is 0. The molecule has 3 amide bonds. The molecule has 0 spiro atoms. The fraction of sp³-hybridized carbons (Fsp3) is 0.647. The fourth-order valence-electron chi connectivity index (χ4n) is 2.69. The predicted octanol–water partition coefficient (Wildman–Crippen LogP) is 1.91. The summed E-state index contributed by atoms with van der Waals surface area (Å²) in [6.45, 7) is 3.39. The van der Waals surface area contributed by atoms with Crippen LogP contribution in [0.25, 0.3) is 0 Å². The number of urea groups is 1. The molecule has 1 aromatic heterocycles. The second kappa shape index (κ2) is 7.53. The van der Waals surface area contributed by atoms with E-state index in [4.69, 9.17) is 0 Å². The van der Waals surface area contributed by atoms with E-state index < -0.39 is 0 Å². The highest BCUT2D eigenvalue weighted by Gasteiger charge is 2.34. The van der Waals surface area contributed by atoms with Crippen LogP contribution in [0, 0.1) is 0 Å². The van der Waals surface area contributed by atoms with Crippen molar-refractivity contribution in [1.29, 1.82) is 0 Å². The van der Waals surface area contributed by atoms with Gasteiger partial charge >= 0.3 is 6.03 Å². The monoisotopic (exact) mass is 320 g/mol. The van der Waals surface area contributed by atoms with Gasteiger partial charge in [-0.1, -0.05) is 6.92 Å². The van der Waals surface area contributed by atoms with Gasteiger partial charge in [0.1, 0.15) is 6.54 Å². The van der Waals surface area contributed by atoms with Gasteiger partial charge in [0.15, 0.2) is 0 Å². The molecule has 0 radical (unpaired) electrons. The van der Waals surface area contributed by atoms with Gasteiger partial charge in [-0.2, -0.15) is 0 Å². The number of aryl methyl sites for hydroxylation is 1. The van der Waals surface area contributed by atoms with Gasteiger partial charge < -0.3 is 19.3 Å². The molecule has 6 heteroatoms. The van der Waals surface area contributed by atoms with E-state index in [9.17, 15) is 9.59 Å². The minimum Gasteiger partial charge on any atom is -0.353 e. The van der Waals surface area contributed by atoms with Crippen LogP contribution >= 0.6 is 0 Å². The smallest absolute Gasteiger partial charge is 0.319 e. The van der Waals surface area contributed by atoms with Crippen molar-refractivity contribution in [3.8, 4) is 0 Å². The molecule has 1 fully saturated rings. The average Bonchev–Trinajstić information content (AvgIpc) is 3.26. The number of carbonyl (C=O) groups is 2. The zero-order valence-electron chi connectivity index (χ0n) is 14.7. The van der Waals surface area contributed by atoms with Crippen LogP contribution in [0.1, 0.15) is 31.9 Å². The quantitative estimate of drug-likeness (QED) is 0.770. The third-order valence-electron chi connectivity index (χ3n) is 4.16. The number of hydrogen-bond acceptors (Lipinski definition) is 2. The molecule has 1 aliphatic carbocycles. The van der Waals surface area contributed by atoms with Gasteiger partial charge in [0.2, 0.25) is 5.91 Å². The SMILES string of the molecule is CCCN(CC(=O)N(Cc1cccn1C)C1CC1)C(=O)N(C)C. The Kier molecular flexibility index (Phi) is 5.69. The van der Waals surface area contributed by atoms with Crippen LogP contribution in [0.3, 0.4) is 0 Å². The first-order valence-electron chi connectivity index (χ1n) is 8.30. The van der Waals surface area contributed by atoms with Crippen LogP contribution in [0.4, 0.5) is 4.79 Å². The van der Waals surface area contributed by atoms with Gasteiger partial charge in [0, 0.05) is 45.6 Å². The van der Waals surface area contributed by atoms with Crippen molar-refractivity contribution >= 4 is 11.9 Å². The largest absolute Gasteiger partial charge is 0.353 e. The summed E-state index contributed by atoms with van der Waals surface area (Å²) in [5.41, 5.74) is 1.12. The molecule has 0 saturated heterocycles. The van der Waals surface area contributed by atoms with E-state index in [2.05, 4.69) is 0 Å². The first kappa shape index (κ1) is 17.4. The average molecular weight is 320 g/mol. The van der Waals surface area contributed by atoms with Crippen molar-refractivity contribution in [3.05, 3.63) is 24.0 Å². The summed E-state index contributed by atoms with van der Waals surface area (Å²) in [5.74, 6) is 0.0392. The van der Waals surface area contributed by atoms with E-state index >= 15 is 0 Å². The zero-order valence-corrected chi connectivity index (χ0v) is 14.7. The number of nitrogens with zero attached hydrogens (tertiary/aromatic N) is 4. The molecule has 0 atom stereocenters. The van der Waals surface area contributed by atoms with Gasteiger partial charge in [-0.25, -0.2) is 4.79 Å². The first-order valence-corrected chi connectivity index (χ1v) is 8.30. The van der Waals surface area contributed by atoms with Crippen LogP contribution in [0.15, 0.2) is 18.3 Å². The molecule has 2 rings (SSSR count). The Hall–Kier alpha value is -1.98. The molecule has 1 saturated carbocycles. The highest BCUT2D eigenvalue weighted by Crippen LogP contribution is 2.28. The van der Waals surface area contributed by atoms with Crippen molar-refractivity contribution in [2.75, 3.05) is 27.2 Å². The summed E-state index contributed by atoms with van der Waals surface area (Å²) in [5, 5.41) is 0. The number of rotatable bonds is 7. The second-order valence-electron chi connectivity index (χ2n) is 6.46. The van der Waals surface area contributed by atoms with Gasteiger partial charge in [-0.15, -0.1) is 0 Å². The van der Waals surface area contributed by atoms with Crippen LogP contribution in [0.5, 0.6) is 0 Å². The van der Waals surface area contributed by atoms with E-state index in [1.54, 1.807) is 19.0 Å². The van der Waals surface area contributed by atoms with E-state index in [0.717, 1.165) is 25.0 Å². The molecule has 128 valence electrons. The normalized spacial score (nSPS) is 13.7. The summed E-state index contributed by atoms with van der Waals surface area (Å²) >= 11 is 0. The molecular formula is C17H28N4O2. The Morgan fingerprint density at radius 3 is 2.48 bits per heavy atom. The molecule has 0 aromatic carbocycles. The second-order valence-corrected chi connectivity index (χ2v) is 6.46. The molecule has 0 bridgehead atoms. The molecule has 6 nitrogen and oxygen atoms in total. The predicted molar refractivity (Wildman–Crippen MR) is 89.9 cm³/mol. The lowest BCUT2D eigenvalue weighted by atomic mass is 10.3.